The summed E-state index contributed by atoms with van der Waals surface area (Å²) in [6.07, 6.45) is 5.40. The van der Waals surface area contributed by atoms with Crippen molar-refractivity contribution in [2.45, 2.75) is 38.6 Å². The summed E-state index contributed by atoms with van der Waals surface area (Å²) in [6.45, 7) is 0.684. The van der Waals surface area contributed by atoms with Crippen LogP contribution in [-0.4, -0.2) is 23.7 Å². The number of hydrogen-bond acceptors (Lipinski definition) is 1. The molecule has 0 saturated carbocycles. The summed E-state index contributed by atoms with van der Waals surface area (Å²) < 4.78 is 0. The van der Waals surface area contributed by atoms with E-state index in [1.807, 2.05) is 7.05 Å². The van der Waals surface area contributed by atoms with E-state index in [1.54, 1.807) is 4.90 Å². The van der Waals surface area contributed by atoms with Gasteiger partial charge >= 0.3 is 0 Å². The molecule has 0 aliphatic heterocycles. The van der Waals surface area contributed by atoms with Crippen molar-refractivity contribution < 1.29 is 4.79 Å². The molecule has 0 radical (unpaired) electrons. The Balaban J connectivity index is 2.03. The van der Waals surface area contributed by atoms with Crippen molar-refractivity contribution in [3.05, 3.63) is 34.9 Å². The zero-order valence-corrected chi connectivity index (χ0v) is 11.7. The highest BCUT2D eigenvalue weighted by molar-refractivity contribution is 6.18. The number of hydrogen-bond donors (Lipinski definition) is 0. The van der Waals surface area contributed by atoms with Crippen LogP contribution in [0.2, 0.25) is 0 Å². The maximum Gasteiger partial charge on any atom is 0.223 e. The fraction of sp³-hybridized carbons (Fsp3) is 0.533. The van der Waals surface area contributed by atoms with Crippen LogP contribution in [0.1, 0.15) is 36.0 Å². The molecule has 1 aromatic rings. The molecule has 0 fully saturated rings. The second-order valence-corrected chi connectivity index (χ2v) is 5.38. The van der Waals surface area contributed by atoms with E-state index in [0.29, 0.717) is 18.8 Å². The Morgan fingerprint density at radius 2 is 2.00 bits per heavy atom. The van der Waals surface area contributed by atoms with Gasteiger partial charge in [0, 0.05) is 25.9 Å². The number of benzene rings is 1. The van der Waals surface area contributed by atoms with Gasteiger partial charge in [-0.1, -0.05) is 18.2 Å². The van der Waals surface area contributed by atoms with Crippen molar-refractivity contribution in [1.29, 1.82) is 0 Å². The number of carbonyl (C=O) groups excluding carboxylic acids is 1. The largest absolute Gasteiger partial charge is 0.341 e. The molecule has 3 heteroatoms. The van der Waals surface area contributed by atoms with Crippen LogP contribution >= 0.6 is 11.6 Å². The zero-order chi connectivity index (χ0) is 13.0. The minimum absolute atomic E-state index is 0.114. The van der Waals surface area contributed by atoms with Crippen LogP contribution in [0.15, 0.2) is 18.2 Å². The predicted octanol–water partition coefficient (Wildman–Crippen LogP) is 3.15. The Kier molecular flexibility index (Phi) is 4.65. The first kappa shape index (κ1) is 13.4. The van der Waals surface area contributed by atoms with Gasteiger partial charge in [0.2, 0.25) is 5.91 Å². The smallest absolute Gasteiger partial charge is 0.223 e. The number of nitrogens with zero attached hydrogens (tertiary/aromatic N) is 1. The van der Waals surface area contributed by atoms with Gasteiger partial charge in [0.15, 0.2) is 0 Å². The molecule has 0 heterocycles. The van der Waals surface area contributed by atoms with Crippen molar-refractivity contribution in [2.24, 2.45) is 0 Å². The highest BCUT2D eigenvalue weighted by atomic mass is 35.5. The number of amides is 1. The molecule has 0 saturated heterocycles. The minimum atomic E-state index is 0.114. The van der Waals surface area contributed by atoms with Crippen LogP contribution in [0.5, 0.6) is 0 Å². The molecule has 1 aliphatic rings. The molecule has 0 atom stereocenters. The third-order valence-corrected chi connectivity index (χ3v) is 3.76. The van der Waals surface area contributed by atoms with Crippen LogP contribution < -0.4 is 0 Å². The molecule has 0 spiro atoms. The van der Waals surface area contributed by atoms with Gasteiger partial charge in [0.1, 0.15) is 0 Å². The lowest BCUT2D eigenvalue weighted by atomic mass is 9.90. The maximum atomic E-state index is 11.7. The quantitative estimate of drug-likeness (QED) is 0.766. The van der Waals surface area contributed by atoms with Gasteiger partial charge in [-0.2, -0.15) is 0 Å². The van der Waals surface area contributed by atoms with E-state index in [9.17, 15) is 4.79 Å². The summed E-state index contributed by atoms with van der Waals surface area (Å²) in [6, 6.07) is 6.64. The van der Waals surface area contributed by atoms with Crippen molar-refractivity contribution in [1.82, 2.24) is 4.90 Å². The Morgan fingerprint density at radius 3 is 2.72 bits per heavy atom. The Bertz CT molecular complexity index is 431. The number of halogens is 1. The highest BCUT2D eigenvalue weighted by Gasteiger charge is 2.12. The summed E-state index contributed by atoms with van der Waals surface area (Å²) >= 11 is 5.59. The zero-order valence-electron chi connectivity index (χ0n) is 10.9. The molecular formula is C15H20ClNO. The van der Waals surface area contributed by atoms with Crippen LogP contribution in [-0.2, 0) is 24.2 Å². The molecule has 1 aromatic carbocycles. The minimum Gasteiger partial charge on any atom is -0.341 e. The second kappa shape index (κ2) is 6.24. The van der Waals surface area contributed by atoms with Crippen LogP contribution in [0, 0.1) is 0 Å². The van der Waals surface area contributed by atoms with E-state index < -0.39 is 0 Å². The van der Waals surface area contributed by atoms with Crippen LogP contribution in [0.25, 0.3) is 0 Å². The van der Waals surface area contributed by atoms with Gasteiger partial charge in [-0.25, -0.2) is 0 Å². The lowest BCUT2D eigenvalue weighted by Crippen LogP contribution is -2.26. The molecule has 0 bridgehead atoms. The maximum absolute atomic E-state index is 11.7. The van der Waals surface area contributed by atoms with Gasteiger partial charge in [-0.05, 0) is 42.4 Å². The molecule has 0 N–H and O–H groups in total. The topological polar surface area (TPSA) is 20.3 Å². The molecule has 0 aromatic heterocycles. The van der Waals surface area contributed by atoms with Crippen LogP contribution in [0.3, 0.4) is 0 Å². The van der Waals surface area contributed by atoms with Gasteiger partial charge in [0.05, 0.1) is 0 Å². The molecule has 2 rings (SSSR count). The van der Waals surface area contributed by atoms with Crippen molar-refractivity contribution in [2.75, 3.05) is 12.9 Å². The summed E-state index contributed by atoms with van der Waals surface area (Å²) in [5.41, 5.74) is 4.18. The first-order chi connectivity index (χ1) is 8.70. The average Bonchev–Trinajstić information content (AvgIpc) is 2.39. The molecule has 1 aliphatic carbocycles. The van der Waals surface area contributed by atoms with E-state index in [2.05, 4.69) is 18.2 Å². The highest BCUT2D eigenvalue weighted by Crippen LogP contribution is 2.22. The summed E-state index contributed by atoms with van der Waals surface area (Å²) in [4.78, 5) is 13.4. The van der Waals surface area contributed by atoms with Gasteiger partial charge in [0.25, 0.3) is 0 Å². The molecule has 0 unspecified atom stereocenters. The third-order valence-electron chi connectivity index (χ3n) is 3.57. The van der Waals surface area contributed by atoms with Crippen molar-refractivity contribution in [3.63, 3.8) is 0 Å². The molecule has 18 heavy (non-hydrogen) atoms. The fourth-order valence-corrected chi connectivity index (χ4v) is 2.68. The number of fused-ring (bicyclic) bond motifs is 1. The summed E-state index contributed by atoms with van der Waals surface area (Å²) in [7, 11) is 1.84. The fourth-order valence-electron chi connectivity index (χ4n) is 2.52. The lowest BCUT2D eigenvalue weighted by molar-refractivity contribution is -0.129. The van der Waals surface area contributed by atoms with E-state index in [-0.39, 0.29) is 5.91 Å². The first-order valence-corrected chi connectivity index (χ1v) is 7.15. The lowest BCUT2D eigenvalue weighted by Gasteiger charge is -2.20. The third kappa shape index (κ3) is 3.26. The Labute approximate surface area is 114 Å². The first-order valence-electron chi connectivity index (χ1n) is 6.61. The van der Waals surface area contributed by atoms with Crippen LogP contribution in [0.4, 0.5) is 0 Å². The van der Waals surface area contributed by atoms with E-state index >= 15 is 0 Å². The monoisotopic (exact) mass is 265 g/mol. The van der Waals surface area contributed by atoms with E-state index in [4.69, 9.17) is 11.6 Å². The van der Waals surface area contributed by atoms with E-state index in [1.165, 1.54) is 42.4 Å². The predicted molar refractivity (Wildman–Crippen MR) is 74.9 cm³/mol. The van der Waals surface area contributed by atoms with E-state index in [0.717, 1.165) is 0 Å². The van der Waals surface area contributed by atoms with Crippen molar-refractivity contribution >= 4 is 17.5 Å². The summed E-state index contributed by atoms with van der Waals surface area (Å²) in [5.74, 6) is 0.510. The number of aryl methyl sites for hydroxylation is 2. The second-order valence-electron chi connectivity index (χ2n) is 5.00. The number of rotatable bonds is 4. The summed E-state index contributed by atoms with van der Waals surface area (Å²) in [5, 5.41) is 0. The van der Waals surface area contributed by atoms with Gasteiger partial charge < -0.3 is 4.90 Å². The number of alkyl halides is 1. The Morgan fingerprint density at radius 1 is 1.28 bits per heavy atom. The SMILES string of the molecule is CN(Cc1ccc2c(c1)CCCC2)C(=O)CCCl. The standard InChI is InChI=1S/C15H20ClNO/c1-17(15(18)8-9-16)11-12-6-7-13-4-2-3-5-14(13)10-12/h6-7,10H,2-5,8-9,11H2,1H3. The normalized spacial score (nSPS) is 14.1. The molecule has 2 nitrogen and oxygen atoms in total. The average molecular weight is 266 g/mol. The number of carbonyl (C=O) groups is 1. The van der Waals surface area contributed by atoms with Gasteiger partial charge in [-0.3, -0.25) is 4.79 Å². The molecule has 98 valence electrons. The Hall–Kier alpha value is -1.02. The molecular weight excluding hydrogens is 246 g/mol. The van der Waals surface area contributed by atoms with Gasteiger partial charge in [-0.15, -0.1) is 11.6 Å². The van der Waals surface area contributed by atoms with Crippen molar-refractivity contribution in [3.8, 4) is 0 Å². The molecule has 1 amide bonds.